The van der Waals surface area contributed by atoms with Crippen LogP contribution >= 0.6 is 11.8 Å². The van der Waals surface area contributed by atoms with E-state index in [-0.39, 0.29) is 5.75 Å². The number of aliphatic hydroxyl groups is 1. The largest absolute Gasteiger partial charge is 0.506 e. The number of phenolic OH excluding ortho intramolecular Hbond substituents is 1. The van der Waals surface area contributed by atoms with Gasteiger partial charge in [-0.15, -0.1) is 0 Å². The molecule has 0 bridgehead atoms. The van der Waals surface area contributed by atoms with E-state index in [1.165, 1.54) is 11.8 Å². The van der Waals surface area contributed by atoms with Crippen molar-refractivity contribution in [2.75, 3.05) is 39.3 Å². The minimum absolute atomic E-state index is 0.252. The zero-order valence-corrected chi connectivity index (χ0v) is 20.0. The molecule has 6 nitrogen and oxygen atoms in total. The zero-order valence-electron chi connectivity index (χ0n) is 19.1. The van der Waals surface area contributed by atoms with Crippen molar-refractivity contribution in [3.63, 3.8) is 0 Å². The van der Waals surface area contributed by atoms with E-state index < -0.39 is 6.10 Å². The zero-order chi connectivity index (χ0) is 23.3. The van der Waals surface area contributed by atoms with Crippen molar-refractivity contribution in [1.82, 2.24) is 14.9 Å². The van der Waals surface area contributed by atoms with Crippen LogP contribution in [0.1, 0.15) is 23.4 Å². The number of nitrogens with zero attached hydrogens (tertiary/aromatic N) is 4. The lowest BCUT2D eigenvalue weighted by atomic mass is 10.0. The number of aliphatic hydroxyl groups excluding tert-OH is 1. The number of allylic oxidation sites excluding steroid dienone is 3. The summed E-state index contributed by atoms with van der Waals surface area (Å²) in [4.78, 5) is 13.0. The molecule has 0 spiro atoms. The molecule has 0 aliphatic heterocycles. The number of aromatic nitrogens is 2. The summed E-state index contributed by atoms with van der Waals surface area (Å²) in [7, 11) is 7.67. The second-order valence-corrected chi connectivity index (χ2v) is 8.71. The number of hydrogen-bond acceptors (Lipinski definition) is 7. The van der Waals surface area contributed by atoms with E-state index in [1.54, 1.807) is 6.07 Å². The third kappa shape index (κ3) is 6.02. The van der Waals surface area contributed by atoms with Crippen molar-refractivity contribution >= 4 is 35.7 Å². The number of benzene rings is 1. The molecular formula is C25H30N4O2S. The molecule has 1 unspecified atom stereocenters. The van der Waals surface area contributed by atoms with Gasteiger partial charge in [-0.1, -0.05) is 36.1 Å². The van der Waals surface area contributed by atoms with Crippen LogP contribution in [-0.4, -0.2) is 65.6 Å². The summed E-state index contributed by atoms with van der Waals surface area (Å²) >= 11 is 1.50. The van der Waals surface area contributed by atoms with E-state index >= 15 is 0 Å². The molecule has 1 aromatic heterocycles. The van der Waals surface area contributed by atoms with E-state index in [9.17, 15) is 10.2 Å². The van der Waals surface area contributed by atoms with Crippen molar-refractivity contribution < 1.29 is 10.2 Å². The molecule has 1 aromatic carbocycles. The Morgan fingerprint density at radius 3 is 2.28 bits per heavy atom. The molecule has 1 atom stereocenters. The molecule has 2 aromatic rings. The molecule has 168 valence electrons. The quantitative estimate of drug-likeness (QED) is 0.482. The van der Waals surface area contributed by atoms with Crippen LogP contribution < -0.4 is 4.90 Å². The number of aromatic hydroxyl groups is 1. The third-order valence-corrected chi connectivity index (χ3v) is 5.60. The highest BCUT2D eigenvalue weighted by Gasteiger charge is 2.15. The standard InChI is InChI=1S/C25H30N4O2S/c1-28(2)21-14-17(8-12-23(21)30)6-10-19-16-20(27-25(26-19)32-5)11-7-18-9-13-24(31)22(15-18)29(3)4/h6-12,14-16,24,30-31H,13H2,1-5H3/b10-6+,11-7+. The highest BCUT2D eigenvalue weighted by Crippen LogP contribution is 2.27. The van der Waals surface area contributed by atoms with Gasteiger partial charge in [0.05, 0.1) is 23.2 Å². The topological polar surface area (TPSA) is 72.7 Å². The molecule has 0 amide bonds. The van der Waals surface area contributed by atoms with E-state index in [2.05, 4.69) is 9.97 Å². The molecule has 32 heavy (non-hydrogen) atoms. The number of hydrogen-bond donors (Lipinski definition) is 2. The van der Waals surface area contributed by atoms with Crippen molar-refractivity contribution in [2.45, 2.75) is 17.7 Å². The molecule has 2 N–H and O–H groups in total. The summed E-state index contributed by atoms with van der Waals surface area (Å²) in [5.74, 6) is 0.252. The molecule has 0 saturated carbocycles. The van der Waals surface area contributed by atoms with Crippen LogP contribution in [0.5, 0.6) is 5.75 Å². The highest BCUT2D eigenvalue weighted by atomic mass is 32.2. The molecule has 3 rings (SSSR count). The van der Waals surface area contributed by atoms with E-state index in [0.29, 0.717) is 11.6 Å². The Balaban J connectivity index is 1.84. The Morgan fingerprint density at radius 1 is 0.969 bits per heavy atom. The molecule has 0 fully saturated rings. The predicted octanol–water partition coefficient (Wildman–Crippen LogP) is 4.29. The molecule has 0 saturated heterocycles. The summed E-state index contributed by atoms with van der Waals surface area (Å²) < 4.78 is 0. The van der Waals surface area contributed by atoms with Gasteiger partial charge in [0.15, 0.2) is 5.16 Å². The van der Waals surface area contributed by atoms with Gasteiger partial charge in [0.2, 0.25) is 0 Å². The Hall–Kier alpha value is -3.03. The molecule has 1 aliphatic rings. The molecule has 1 heterocycles. The second kappa shape index (κ2) is 10.5. The van der Waals surface area contributed by atoms with E-state index in [4.69, 9.17) is 0 Å². The Morgan fingerprint density at radius 2 is 1.66 bits per heavy atom. The van der Waals surface area contributed by atoms with Crippen molar-refractivity contribution in [1.29, 1.82) is 0 Å². The van der Waals surface area contributed by atoms with Crippen LogP contribution in [-0.2, 0) is 0 Å². The van der Waals surface area contributed by atoms with Crippen molar-refractivity contribution in [2.24, 2.45) is 0 Å². The number of anilines is 1. The summed E-state index contributed by atoms with van der Waals surface area (Å²) in [6.45, 7) is 0. The maximum absolute atomic E-state index is 10.1. The number of phenols is 1. The molecular weight excluding hydrogens is 420 g/mol. The van der Waals surface area contributed by atoms with E-state index in [1.807, 2.05) is 98.9 Å². The van der Waals surface area contributed by atoms with Gasteiger partial charge >= 0.3 is 0 Å². The predicted molar refractivity (Wildman–Crippen MR) is 135 cm³/mol. The Kier molecular flexibility index (Phi) is 7.77. The second-order valence-electron chi connectivity index (χ2n) is 7.93. The first-order valence-electron chi connectivity index (χ1n) is 10.3. The SMILES string of the molecule is CSc1nc(/C=C/C2=CCC(O)C(N(C)C)=C2)cc(/C=C/c2ccc(O)c(N(C)C)c2)n1. The van der Waals surface area contributed by atoms with Crippen LogP contribution in [0.2, 0.25) is 0 Å². The summed E-state index contributed by atoms with van der Waals surface area (Å²) in [6, 6.07) is 7.44. The number of likely N-dealkylation sites (N-methyl/N-ethyl adjacent to an activating group) is 1. The van der Waals surface area contributed by atoms with Gasteiger partial charge in [-0.05, 0) is 60.2 Å². The molecule has 7 heteroatoms. The van der Waals surface area contributed by atoms with Crippen LogP contribution in [0.3, 0.4) is 0 Å². The fraction of sp³-hybridized carbons (Fsp3) is 0.280. The Bertz CT molecular complexity index is 1090. The molecule has 1 aliphatic carbocycles. The summed E-state index contributed by atoms with van der Waals surface area (Å²) in [5.41, 5.74) is 5.30. The Labute approximate surface area is 194 Å². The first kappa shape index (κ1) is 23.6. The minimum atomic E-state index is -0.464. The fourth-order valence-electron chi connectivity index (χ4n) is 3.33. The van der Waals surface area contributed by atoms with Gasteiger partial charge in [0, 0.05) is 33.9 Å². The average molecular weight is 451 g/mol. The third-order valence-electron chi connectivity index (χ3n) is 5.05. The van der Waals surface area contributed by atoms with Crippen molar-refractivity contribution in [3.05, 3.63) is 70.7 Å². The highest BCUT2D eigenvalue weighted by molar-refractivity contribution is 7.98. The fourth-order valence-corrected chi connectivity index (χ4v) is 3.72. The van der Waals surface area contributed by atoms with Crippen molar-refractivity contribution in [3.8, 4) is 5.75 Å². The average Bonchev–Trinajstić information content (AvgIpc) is 2.77. The van der Waals surface area contributed by atoms with Gasteiger partial charge in [-0.2, -0.15) is 0 Å². The number of rotatable bonds is 7. The van der Waals surface area contributed by atoms with Gasteiger partial charge in [-0.25, -0.2) is 9.97 Å². The van der Waals surface area contributed by atoms with Crippen LogP contribution in [0.25, 0.3) is 18.2 Å². The van der Waals surface area contributed by atoms with Crippen LogP contribution in [0.15, 0.2) is 58.9 Å². The number of thioether (sulfide) groups is 1. The lowest BCUT2D eigenvalue weighted by Gasteiger charge is -2.24. The first-order valence-corrected chi connectivity index (χ1v) is 11.6. The minimum Gasteiger partial charge on any atom is -0.506 e. The van der Waals surface area contributed by atoms with Crippen LogP contribution in [0.4, 0.5) is 5.69 Å². The summed E-state index contributed by atoms with van der Waals surface area (Å²) in [5, 5.41) is 20.8. The van der Waals surface area contributed by atoms with Gasteiger partial charge < -0.3 is 20.0 Å². The maximum atomic E-state index is 10.1. The lowest BCUT2D eigenvalue weighted by molar-refractivity contribution is 0.180. The molecule has 0 radical (unpaired) electrons. The van der Waals surface area contributed by atoms with Gasteiger partial charge in [-0.3, -0.25) is 0 Å². The lowest BCUT2D eigenvalue weighted by Crippen LogP contribution is -2.24. The normalized spacial score (nSPS) is 16.4. The van der Waals surface area contributed by atoms with Crippen LogP contribution in [0, 0.1) is 0 Å². The van der Waals surface area contributed by atoms with Gasteiger partial charge in [0.1, 0.15) is 5.75 Å². The maximum Gasteiger partial charge on any atom is 0.188 e. The first-order chi connectivity index (χ1) is 15.3. The monoisotopic (exact) mass is 450 g/mol. The summed E-state index contributed by atoms with van der Waals surface area (Å²) in [6.07, 6.45) is 14.0. The smallest absolute Gasteiger partial charge is 0.188 e. The van der Waals surface area contributed by atoms with E-state index in [0.717, 1.165) is 33.9 Å². The van der Waals surface area contributed by atoms with Gasteiger partial charge in [0.25, 0.3) is 0 Å².